The summed E-state index contributed by atoms with van der Waals surface area (Å²) in [5.41, 5.74) is 0.294. The van der Waals surface area contributed by atoms with Crippen molar-refractivity contribution in [1.82, 2.24) is 0 Å². The summed E-state index contributed by atoms with van der Waals surface area (Å²) in [5, 5.41) is 0. The van der Waals surface area contributed by atoms with Gasteiger partial charge in [0.05, 0.1) is 11.2 Å². The molecule has 1 aromatic carbocycles. The average Bonchev–Trinajstić information content (AvgIpc) is 2.80. The molecule has 5 heteroatoms. The van der Waals surface area contributed by atoms with Crippen LogP contribution in [-0.4, -0.2) is 20.5 Å². The highest BCUT2D eigenvalue weighted by molar-refractivity contribution is 7.90. The largest absolute Gasteiger partial charge is 0.461 e. The van der Waals surface area contributed by atoms with E-state index in [1.54, 1.807) is 12.1 Å². The zero-order chi connectivity index (χ0) is 12.5. The molecule has 0 atom stereocenters. The monoisotopic (exact) mass is 250 g/mol. The van der Waals surface area contributed by atoms with Crippen molar-refractivity contribution < 1.29 is 17.6 Å². The molecule has 0 radical (unpaired) electrons. The fraction of sp³-hybridized carbons (Fsp3) is 0.0833. The number of sulfone groups is 1. The maximum atomic E-state index is 11.9. The van der Waals surface area contributed by atoms with Crippen LogP contribution in [0.5, 0.6) is 0 Å². The molecule has 0 bridgehead atoms. The van der Waals surface area contributed by atoms with Gasteiger partial charge in [0.25, 0.3) is 0 Å². The first kappa shape index (κ1) is 11.6. The number of rotatable bonds is 3. The fourth-order valence-corrected chi connectivity index (χ4v) is 2.08. The Kier molecular flexibility index (Phi) is 2.85. The van der Waals surface area contributed by atoms with E-state index in [0.29, 0.717) is 5.56 Å². The molecular formula is C12H10O4S. The Bertz CT molecular complexity index is 639. The summed E-state index contributed by atoms with van der Waals surface area (Å²) in [5.74, 6) is -0.142. The third-order valence-corrected chi connectivity index (χ3v) is 3.38. The minimum atomic E-state index is -3.31. The quantitative estimate of drug-likeness (QED) is 0.780. The minimum absolute atomic E-state index is 0.120. The summed E-state index contributed by atoms with van der Waals surface area (Å²) < 4.78 is 27.7. The van der Waals surface area contributed by atoms with Crippen molar-refractivity contribution in [2.75, 3.05) is 6.26 Å². The molecule has 0 N–H and O–H groups in total. The lowest BCUT2D eigenvalue weighted by molar-refractivity contribution is 0.101. The molecule has 0 fully saturated rings. The summed E-state index contributed by atoms with van der Waals surface area (Å²) in [4.78, 5) is 12.0. The van der Waals surface area contributed by atoms with Gasteiger partial charge in [-0.25, -0.2) is 8.42 Å². The number of ketones is 1. The second-order valence-corrected chi connectivity index (χ2v) is 5.62. The fourth-order valence-electron chi connectivity index (χ4n) is 1.42. The Morgan fingerprint density at radius 2 is 1.94 bits per heavy atom. The first-order chi connectivity index (χ1) is 7.98. The van der Waals surface area contributed by atoms with E-state index in [1.165, 1.54) is 30.5 Å². The van der Waals surface area contributed by atoms with Crippen molar-refractivity contribution in [3.8, 4) is 0 Å². The topological polar surface area (TPSA) is 64.3 Å². The van der Waals surface area contributed by atoms with E-state index in [-0.39, 0.29) is 16.4 Å². The van der Waals surface area contributed by atoms with Gasteiger partial charge in [0.1, 0.15) is 0 Å². The SMILES string of the molecule is CS(=O)(=O)c1cccc(C(=O)c2ccco2)c1. The van der Waals surface area contributed by atoms with Crippen LogP contribution >= 0.6 is 0 Å². The third-order valence-electron chi connectivity index (χ3n) is 2.27. The molecule has 0 aliphatic rings. The summed E-state index contributed by atoms with van der Waals surface area (Å²) in [6.45, 7) is 0. The van der Waals surface area contributed by atoms with Gasteiger partial charge < -0.3 is 4.42 Å². The van der Waals surface area contributed by atoms with Crippen LogP contribution in [0.25, 0.3) is 0 Å². The minimum Gasteiger partial charge on any atom is -0.461 e. The molecule has 1 heterocycles. The molecule has 0 saturated heterocycles. The molecular weight excluding hydrogens is 240 g/mol. The third kappa shape index (κ3) is 2.45. The molecule has 4 nitrogen and oxygen atoms in total. The lowest BCUT2D eigenvalue weighted by Gasteiger charge is -2.01. The van der Waals surface area contributed by atoms with Gasteiger partial charge in [0.2, 0.25) is 5.78 Å². The standard InChI is InChI=1S/C12H10O4S/c1-17(14,15)10-5-2-4-9(8-10)12(13)11-6-3-7-16-11/h2-8H,1H3. The van der Waals surface area contributed by atoms with Gasteiger partial charge in [-0.1, -0.05) is 12.1 Å². The van der Waals surface area contributed by atoms with E-state index >= 15 is 0 Å². The Hall–Kier alpha value is -1.88. The number of carbonyl (C=O) groups is 1. The molecule has 0 aliphatic carbocycles. The van der Waals surface area contributed by atoms with E-state index < -0.39 is 9.84 Å². The molecule has 0 aliphatic heterocycles. The van der Waals surface area contributed by atoms with Crippen LogP contribution in [0.1, 0.15) is 16.1 Å². The van der Waals surface area contributed by atoms with Gasteiger partial charge in [0, 0.05) is 11.8 Å². The second kappa shape index (κ2) is 4.18. The number of hydrogen-bond acceptors (Lipinski definition) is 4. The predicted octanol–water partition coefficient (Wildman–Crippen LogP) is 1.91. The smallest absolute Gasteiger partial charge is 0.228 e. The van der Waals surface area contributed by atoms with Crippen LogP contribution in [0.3, 0.4) is 0 Å². The van der Waals surface area contributed by atoms with Gasteiger partial charge in [-0.15, -0.1) is 0 Å². The van der Waals surface area contributed by atoms with E-state index in [0.717, 1.165) is 6.26 Å². The first-order valence-electron chi connectivity index (χ1n) is 4.87. The van der Waals surface area contributed by atoms with Crippen molar-refractivity contribution in [2.24, 2.45) is 0 Å². The van der Waals surface area contributed by atoms with Gasteiger partial charge in [-0.3, -0.25) is 4.79 Å². The van der Waals surface area contributed by atoms with Crippen LogP contribution in [0.4, 0.5) is 0 Å². The summed E-state index contributed by atoms with van der Waals surface area (Å²) in [7, 11) is -3.31. The van der Waals surface area contributed by atoms with Gasteiger partial charge >= 0.3 is 0 Å². The van der Waals surface area contributed by atoms with Gasteiger partial charge in [-0.05, 0) is 24.3 Å². The maximum absolute atomic E-state index is 11.9. The molecule has 2 rings (SSSR count). The van der Waals surface area contributed by atoms with Crippen LogP contribution in [0, 0.1) is 0 Å². The molecule has 0 unspecified atom stereocenters. The summed E-state index contributed by atoms with van der Waals surface area (Å²) in [6, 6.07) is 9.03. The number of hydrogen-bond donors (Lipinski definition) is 0. The lowest BCUT2D eigenvalue weighted by Crippen LogP contribution is -2.03. The van der Waals surface area contributed by atoms with Crippen molar-refractivity contribution in [2.45, 2.75) is 4.90 Å². The van der Waals surface area contributed by atoms with Gasteiger partial charge in [-0.2, -0.15) is 0 Å². The van der Waals surface area contributed by atoms with E-state index in [9.17, 15) is 13.2 Å². The van der Waals surface area contributed by atoms with Crippen molar-refractivity contribution in [1.29, 1.82) is 0 Å². The first-order valence-corrected chi connectivity index (χ1v) is 6.76. The number of carbonyl (C=O) groups excluding carboxylic acids is 1. The highest BCUT2D eigenvalue weighted by Crippen LogP contribution is 2.15. The van der Waals surface area contributed by atoms with Gasteiger partial charge in [0.15, 0.2) is 15.6 Å². The molecule has 2 aromatic rings. The van der Waals surface area contributed by atoms with Crippen molar-refractivity contribution in [3.05, 3.63) is 54.0 Å². The Morgan fingerprint density at radius 1 is 1.18 bits per heavy atom. The normalized spacial score (nSPS) is 11.4. The Labute approximate surface area is 98.8 Å². The van der Waals surface area contributed by atoms with Crippen molar-refractivity contribution >= 4 is 15.6 Å². The molecule has 0 amide bonds. The van der Waals surface area contributed by atoms with Crippen LogP contribution in [0.2, 0.25) is 0 Å². The molecule has 17 heavy (non-hydrogen) atoms. The summed E-state index contributed by atoms with van der Waals surface area (Å²) >= 11 is 0. The van der Waals surface area contributed by atoms with E-state index in [1.807, 2.05) is 0 Å². The molecule has 1 aromatic heterocycles. The summed E-state index contributed by atoms with van der Waals surface area (Å²) in [6.07, 6.45) is 2.50. The second-order valence-electron chi connectivity index (χ2n) is 3.61. The van der Waals surface area contributed by atoms with Crippen molar-refractivity contribution in [3.63, 3.8) is 0 Å². The highest BCUT2D eigenvalue weighted by Gasteiger charge is 2.14. The predicted molar refractivity (Wildman–Crippen MR) is 61.7 cm³/mol. The highest BCUT2D eigenvalue weighted by atomic mass is 32.2. The molecule has 0 spiro atoms. The zero-order valence-electron chi connectivity index (χ0n) is 9.08. The average molecular weight is 250 g/mol. The van der Waals surface area contributed by atoms with E-state index in [2.05, 4.69) is 0 Å². The molecule has 88 valence electrons. The van der Waals surface area contributed by atoms with E-state index in [4.69, 9.17) is 4.42 Å². The number of benzene rings is 1. The Balaban J connectivity index is 2.45. The Morgan fingerprint density at radius 3 is 2.53 bits per heavy atom. The maximum Gasteiger partial charge on any atom is 0.228 e. The number of furan rings is 1. The van der Waals surface area contributed by atoms with Crippen LogP contribution < -0.4 is 0 Å². The van der Waals surface area contributed by atoms with Crippen LogP contribution in [-0.2, 0) is 9.84 Å². The zero-order valence-corrected chi connectivity index (χ0v) is 9.90. The van der Waals surface area contributed by atoms with Crippen LogP contribution in [0.15, 0.2) is 52.0 Å². The molecule has 0 saturated carbocycles. The lowest BCUT2D eigenvalue weighted by atomic mass is 10.1.